The van der Waals surface area contributed by atoms with Crippen LogP contribution in [0.25, 0.3) is 0 Å². The van der Waals surface area contributed by atoms with Gasteiger partial charge in [-0.15, -0.1) is 0 Å². The molecule has 0 spiro atoms. The summed E-state index contributed by atoms with van der Waals surface area (Å²) in [6, 6.07) is 2.10. The second-order valence-corrected chi connectivity index (χ2v) is 5.46. The van der Waals surface area contributed by atoms with Crippen LogP contribution in [0.4, 0.5) is 0 Å². The average molecular weight is 280 g/mol. The maximum atomic E-state index is 11.9. The number of unbranched alkanes of at least 4 members (excludes halogenated alkanes) is 8. The molecule has 0 unspecified atom stereocenters. The van der Waals surface area contributed by atoms with Crippen molar-refractivity contribution in [3.05, 3.63) is 0 Å². The molecule has 0 aliphatic carbocycles. The van der Waals surface area contributed by atoms with Crippen LogP contribution in [0.15, 0.2) is 0 Å². The van der Waals surface area contributed by atoms with Crippen LogP contribution in [0.3, 0.4) is 0 Å². The van der Waals surface area contributed by atoms with Crippen molar-refractivity contribution in [1.82, 2.24) is 4.90 Å². The Bertz CT molecular complexity index is 271. The first-order chi connectivity index (χ1) is 9.76. The molecule has 20 heavy (non-hydrogen) atoms. The van der Waals surface area contributed by atoms with Gasteiger partial charge in [0.25, 0.3) is 0 Å². The molecule has 0 N–H and O–H groups in total. The van der Waals surface area contributed by atoms with Crippen LogP contribution >= 0.6 is 0 Å². The Balaban J connectivity index is 3.44. The van der Waals surface area contributed by atoms with Crippen LogP contribution in [0.1, 0.15) is 84.5 Å². The minimum Gasteiger partial charge on any atom is -0.342 e. The molecule has 116 valence electrons. The van der Waals surface area contributed by atoms with Crippen LogP contribution in [-0.2, 0) is 4.79 Å². The van der Waals surface area contributed by atoms with E-state index in [9.17, 15) is 4.79 Å². The molecule has 1 amide bonds. The Morgan fingerprint density at radius 3 is 2.00 bits per heavy atom. The van der Waals surface area contributed by atoms with Crippen LogP contribution < -0.4 is 0 Å². The maximum absolute atomic E-state index is 11.9. The standard InChI is InChI=1S/C17H32N2O/c1-3-5-6-7-8-9-10-11-12-14-17(20)19(4-2)16-13-15-18/h3-14,16H2,1-2H3. The summed E-state index contributed by atoms with van der Waals surface area (Å²) in [6.07, 6.45) is 12.6. The number of nitrogens with zero attached hydrogens (tertiary/aromatic N) is 2. The van der Waals surface area contributed by atoms with Crippen molar-refractivity contribution in [2.45, 2.75) is 84.5 Å². The number of amides is 1. The molecule has 0 aromatic heterocycles. The zero-order valence-corrected chi connectivity index (χ0v) is 13.5. The lowest BCUT2D eigenvalue weighted by Crippen LogP contribution is -2.31. The average Bonchev–Trinajstić information content (AvgIpc) is 2.46. The van der Waals surface area contributed by atoms with Crippen LogP contribution in [0.2, 0.25) is 0 Å². The molecule has 0 heterocycles. The lowest BCUT2D eigenvalue weighted by molar-refractivity contribution is -0.131. The number of nitriles is 1. The minimum atomic E-state index is 0.214. The van der Waals surface area contributed by atoms with Crippen molar-refractivity contribution in [3.8, 4) is 6.07 Å². The summed E-state index contributed by atoms with van der Waals surface area (Å²) in [5.74, 6) is 0.214. The topological polar surface area (TPSA) is 44.1 Å². The Morgan fingerprint density at radius 1 is 0.950 bits per heavy atom. The van der Waals surface area contributed by atoms with E-state index in [1.54, 1.807) is 4.90 Å². The van der Waals surface area contributed by atoms with E-state index in [0.717, 1.165) is 19.4 Å². The third kappa shape index (κ3) is 10.8. The third-order valence-electron chi connectivity index (χ3n) is 3.72. The van der Waals surface area contributed by atoms with Gasteiger partial charge in [-0.3, -0.25) is 4.79 Å². The molecule has 0 aromatic carbocycles. The predicted octanol–water partition coefficient (Wildman–Crippen LogP) is 4.67. The van der Waals surface area contributed by atoms with Gasteiger partial charge in [-0.05, 0) is 13.3 Å². The molecule has 0 saturated carbocycles. The van der Waals surface area contributed by atoms with Gasteiger partial charge < -0.3 is 4.90 Å². The molecule has 3 nitrogen and oxygen atoms in total. The number of rotatable bonds is 13. The van der Waals surface area contributed by atoms with Gasteiger partial charge in [0.15, 0.2) is 0 Å². The van der Waals surface area contributed by atoms with E-state index in [1.165, 1.54) is 44.9 Å². The Hall–Kier alpha value is -1.04. The van der Waals surface area contributed by atoms with Crippen molar-refractivity contribution in [3.63, 3.8) is 0 Å². The summed E-state index contributed by atoms with van der Waals surface area (Å²) in [7, 11) is 0. The normalized spacial score (nSPS) is 10.2. The highest BCUT2D eigenvalue weighted by Crippen LogP contribution is 2.11. The summed E-state index contributed by atoms with van der Waals surface area (Å²) >= 11 is 0. The van der Waals surface area contributed by atoms with Crippen molar-refractivity contribution >= 4 is 5.91 Å². The Morgan fingerprint density at radius 2 is 1.50 bits per heavy atom. The van der Waals surface area contributed by atoms with E-state index in [0.29, 0.717) is 19.4 Å². The van der Waals surface area contributed by atoms with Crippen molar-refractivity contribution in [2.75, 3.05) is 13.1 Å². The molecule has 3 heteroatoms. The lowest BCUT2D eigenvalue weighted by atomic mass is 10.1. The van der Waals surface area contributed by atoms with E-state index in [-0.39, 0.29) is 5.91 Å². The Kier molecular flexibility index (Phi) is 13.6. The molecule has 0 bridgehead atoms. The van der Waals surface area contributed by atoms with E-state index in [2.05, 4.69) is 13.0 Å². The summed E-state index contributed by atoms with van der Waals surface area (Å²) in [5, 5.41) is 8.55. The second kappa shape index (κ2) is 14.4. The Labute approximate surface area is 125 Å². The largest absolute Gasteiger partial charge is 0.342 e. The molecule has 0 aliphatic rings. The van der Waals surface area contributed by atoms with E-state index >= 15 is 0 Å². The highest BCUT2D eigenvalue weighted by molar-refractivity contribution is 5.76. The van der Waals surface area contributed by atoms with Gasteiger partial charge in [0.1, 0.15) is 0 Å². The van der Waals surface area contributed by atoms with Gasteiger partial charge in [0, 0.05) is 19.5 Å². The third-order valence-corrected chi connectivity index (χ3v) is 3.72. The van der Waals surface area contributed by atoms with E-state index in [4.69, 9.17) is 5.26 Å². The zero-order chi connectivity index (χ0) is 15.1. The molecular formula is C17H32N2O. The van der Waals surface area contributed by atoms with Gasteiger partial charge >= 0.3 is 0 Å². The summed E-state index contributed by atoms with van der Waals surface area (Å²) in [6.45, 7) is 5.53. The quantitative estimate of drug-likeness (QED) is 0.460. The maximum Gasteiger partial charge on any atom is 0.222 e. The molecule has 0 fully saturated rings. The van der Waals surface area contributed by atoms with Crippen LogP contribution in [-0.4, -0.2) is 23.9 Å². The van der Waals surface area contributed by atoms with E-state index in [1.807, 2.05) is 6.92 Å². The number of carbonyl (C=O) groups excluding carboxylic acids is 1. The van der Waals surface area contributed by atoms with E-state index < -0.39 is 0 Å². The molecule has 0 radical (unpaired) electrons. The number of hydrogen-bond acceptors (Lipinski definition) is 2. The van der Waals surface area contributed by atoms with Crippen LogP contribution in [0.5, 0.6) is 0 Å². The molecule has 0 saturated heterocycles. The summed E-state index contributed by atoms with van der Waals surface area (Å²) < 4.78 is 0. The summed E-state index contributed by atoms with van der Waals surface area (Å²) in [4.78, 5) is 13.7. The predicted molar refractivity (Wildman–Crippen MR) is 84.3 cm³/mol. The van der Waals surface area contributed by atoms with Crippen molar-refractivity contribution in [1.29, 1.82) is 5.26 Å². The molecule has 0 atom stereocenters. The van der Waals surface area contributed by atoms with Gasteiger partial charge in [-0.25, -0.2) is 0 Å². The monoisotopic (exact) mass is 280 g/mol. The van der Waals surface area contributed by atoms with Gasteiger partial charge in [0.2, 0.25) is 5.91 Å². The number of hydrogen-bond donors (Lipinski definition) is 0. The highest BCUT2D eigenvalue weighted by atomic mass is 16.2. The first-order valence-electron chi connectivity index (χ1n) is 8.41. The second-order valence-electron chi connectivity index (χ2n) is 5.46. The molecule has 0 aromatic rings. The highest BCUT2D eigenvalue weighted by Gasteiger charge is 2.10. The number of carbonyl (C=O) groups is 1. The van der Waals surface area contributed by atoms with Crippen molar-refractivity contribution < 1.29 is 4.79 Å². The molecule has 0 rings (SSSR count). The van der Waals surface area contributed by atoms with Crippen LogP contribution in [0, 0.1) is 11.3 Å². The van der Waals surface area contributed by atoms with Gasteiger partial charge in [0.05, 0.1) is 12.5 Å². The minimum absolute atomic E-state index is 0.214. The molecule has 0 aliphatic heterocycles. The van der Waals surface area contributed by atoms with Gasteiger partial charge in [-0.1, -0.05) is 58.3 Å². The molecular weight excluding hydrogens is 248 g/mol. The van der Waals surface area contributed by atoms with Gasteiger partial charge in [-0.2, -0.15) is 5.26 Å². The smallest absolute Gasteiger partial charge is 0.222 e. The first-order valence-corrected chi connectivity index (χ1v) is 8.41. The summed E-state index contributed by atoms with van der Waals surface area (Å²) in [5.41, 5.74) is 0. The van der Waals surface area contributed by atoms with Crippen molar-refractivity contribution in [2.24, 2.45) is 0 Å². The fraction of sp³-hybridized carbons (Fsp3) is 0.882. The lowest BCUT2D eigenvalue weighted by Gasteiger charge is -2.19. The zero-order valence-electron chi connectivity index (χ0n) is 13.5. The SMILES string of the molecule is CCCCCCCCCCCC(=O)N(CC)CCC#N. The fourth-order valence-corrected chi connectivity index (χ4v) is 2.39. The fourth-order valence-electron chi connectivity index (χ4n) is 2.39. The first kappa shape index (κ1) is 19.0.